The van der Waals surface area contributed by atoms with Gasteiger partial charge in [-0.2, -0.15) is 0 Å². The molecule has 1 atom stereocenters. The maximum absolute atomic E-state index is 13.8. The lowest BCUT2D eigenvalue weighted by Gasteiger charge is -2.32. The van der Waals surface area contributed by atoms with E-state index in [1.165, 1.54) is 0 Å². The highest BCUT2D eigenvalue weighted by Crippen LogP contribution is 2.26. The predicted molar refractivity (Wildman–Crippen MR) is 134 cm³/mol. The number of benzene rings is 3. The Labute approximate surface area is 200 Å². The first kappa shape index (κ1) is 21.7. The van der Waals surface area contributed by atoms with Crippen LogP contribution in [0.1, 0.15) is 27.0 Å². The molecule has 0 saturated heterocycles. The Kier molecular flexibility index (Phi) is 6.52. The molecule has 0 fully saturated rings. The number of aromatic nitrogens is 1. The second-order valence-electron chi connectivity index (χ2n) is 8.45. The van der Waals surface area contributed by atoms with Crippen molar-refractivity contribution >= 4 is 11.6 Å². The number of carbonyl (C=O) groups excluding carboxylic acids is 1. The zero-order chi connectivity index (χ0) is 23.2. The highest BCUT2D eigenvalue weighted by Gasteiger charge is 2.28. The van der Waals surface area contributed by atoms with Gasteiger partial charge < -0.3 is 15.0 Å². The summed E-state index contributed by atoms with van der Waals surface area (Å²) in [5.74, 6) is 0.779. The molecule has 3 aromatic carbocycles. The average molecular weight is 450 g/mol. The van der Waals surface area contributed by atoms with Gasteiger partial charge in [-0.1, -0.05) is 66.7 Å². The summed E-state index contributed by atoms with van der Waals surface area (Å²) in [5.41, 5.74) is 4.90. The van der Waals surface area contributed by atoms with Crippen molar-refractivity contribution in [1.29, 1.82) is 0 Å². The average Bonchev–Trinajstić information content (AvgIpc) is 2.93. The van der Waals surface area contributed by atoms with Crippen molar-refractivity contribution < 1.29 is 9.53 Å². The van der Waals surface area contributed by atoms with E-state index in [0.717, 1.165) is 28.1 Å². The number of ether oxygens (including phenoxy) is 1. The van der Waals surface area contributed by atoms with Gasteiger partial charge in [-0.3, -0.25) is 9.78 Å². The number of anilines is 1. The number of nitrogens with one attached hydrogen (secondary N) is 1. The van der Waals surface area contributed by atoms with Gasteiger partial charge in [0.05, 0.1) is 11.6 Å². The number of hydrogen-bond donors (Lipinski definition) is 1. The van der Waals surface area contributed by atoms with Crippen molar-refractivity contribution in [2.75, 3.05) is 11.9 Å². The second-order valence-corrected chi connectivity index (χ2v) is 8.45. The second kappa shape index (κ2) is 10.2. The van der Waals surface area contributed by atoms with Crippen LogP contribution in [0.15, 0.2) is 103 Å². The quantitative estimate of drug-likeness (QED) is 0.459. The van der Waals surface area contributed by atoms with Crippen LogP contribution in [0.25, 0.3) is 0 Å². The number of para-hydroxylation sites is 2. The molecule has 1 N–H and O–H groups in total. The van der Waals surface area contributed by atoms with Crippen LogP contribution in [-0.4, -0.2) is 28.4 Å². The third-order valence-corrected chi connectivity index (χ3v) is 6.16. The molecule has 170 valence electrons. The summed E-state index contributed by atoms with van der Waals surface area (Å²) in [5, 5.41) is 3.55. The van der Waals surface area contributed by atoms with Crippen LogP contribution in [0, 0.1) is 0 Å². The molecule has 4 aromatic rings. The molecule has 1 aliphatic rings. The van der Waals surface area contributed by atoms with Crippen LogP contribution < -0.4 is 10.1 Å². The van der Waals surface area contributed by atoms with Gasteiger partial charge in [0.2, 0.25) is 0 Å². The summed E-state index contributed by atoms with van der Waals surface area (Å²) in [6, 6.07) is 30.0. The van der Waals surface area contributed by atoms with Gasteiger partial charge in [-0.05, 0) is 41.8 Å². The lowest BCUT2D eigenvalue weighted by Crippen LogP contribution is -2.44. The van der Waals surface area contributed by atoms with Crippen molar-refractivity contribution in [3.8, 4) is 5.75 Å². The van der Waals surface area contributed by atoms with E-state index < -0.39 is 0 Å². The molecule has 0 spiro atoms. The fourth-order valence-corrected chi connectivity index (χ4v) is 4.35. The van der Waals surface area contributed by atoms with Gasteiger partial charge in [-0.25, -0.2) is 0 Å². The molecule has 0 aliphatic carbocycles. The first-order valence-electron chi connectivity index (χ1n) is 11.6. The number of pyridine rings is 1. The van der Waals surface area contributed by atoms with E-state index in [0.29, 0.717) is 31.7 Å². The summed E-state index contributed by atoms with van der Waals surface area (Å²) in [6.07, 6.45) is 4.00. The van der Waals surface area contributed by atoms with Crippen molar-refractivity contribution in [2.45, 2.75) is 25.6 Å². The van der Waals surface area contributed by atoms with Crippen LogP contribution in [0.2, 0.25) is 0 Å². The first-order chi connectivity index (χ1) is 16.8. The number of rotatable bonds is 3. The lowest BCUT2D eigenvalue weighted by atomic mass is 10.0. The lowest BCUT2D eigenvalue weighted by molar-refractivity contribution is 0.0591. The number of nitrogens with zero attached hydrogens (tertiary/aromatic N) is 2. The number of amides is 1. The third-order valence-electron chi connectivity index (χ3n) is 6.16. The Bertz CT molecular complexity index is 1240. The SMILES string of the molecule is O=C(c1cccnc1)N1Cc2ccccc2NCc2ccccc2OC[C@@H]1Cc1ccccc1. The molecule has 1 aliphatic heterocycles. The summed E-state index contributed by atoms with van der Waals surface area (Å²) in [4.78, 5) is 19.9. The smallest absolute Gasteiger partial charge is 0.256 e. The van der Waals surface area contributed by atoms with E-state index >= 15 is 0 Å². The van der Waals surface area contributed by atoms with Gasteiger partial charge >= 0.3 is 0 Å². The highest BCUT2D eigenvalue weighted by molar-refractivity contribution is 5.94. The van der Waals surface area contributed by atoms with E-state index in [1.54, 1.807) is 18.5 Å². The largest absolute Gasteiger partial charge is 0.491 e. The molecule has 1 aromatic heterocycles. The van der Waals surface area contributed by atoms with Gasteiger partial charge in [0.15, 0.2) is 0 Å². The zero-order valence-corrected chi connectivity index (χ0v) is 18.9. The van der Waals surface area contributed by atoms with Crippen molar-refractivity contribution in [3.63, 3.8) is 0 Å². The van der Waals surface area contributed by atoms with Gasteiger partial charge in [0.1, 0.15) is 12.4 Å². The molecule has 5 rings (SSSR count). The van der Waals surface area contributed by atoms with Crippen molar-refractivity contribution in [1.82, 2.24) is 9.88 Å². The molecule has 0 bridgehead atoms. The number of fused-ring (bicyclic) bond motifs is 2. The monoisotopic (exact) mass is 449 g/mol. The molecule has 1 amide bonds. The number of hydrogen-bond acceptors (Lipinski definition) is 4. The van der Waals surface area contributed by atoms with Crippen LogP contribution in [0.3, 0.4) is 0 Å². The minimum atomic E-state index is -0.172. The molecular weight excluding hydrogens is 422 g/mol. The standard InChI is InChI=1S/C29H27N3O2/c33-29(24-13-8-16-30-18-24)32-20-25-12-4-6-14-27(25)31-19-23-11-5-7-15-28(23)34-21-26(32)17-22-9-2-1-3-10-22/h1-16,18,26,31H,17,19-21H2/t26-/m0/s1. The fourth-order valence-electron chi connectivity index (χ4n) is 4.35. The molecule has 0 saturated carbocycles. The van der Waals surface area contributed by atoms with Gasteiger partial charge in [0, 0.05) is 36.7 Å². The van der Waals surface area contributed by atoms with E-state index in [2.05, 4.69) is 40.6 Å². The zero-order valence-electron chi connectivity index (χ0n) is 18.9. The molecule has 34 heavy (non-hydrogen) atoms. The summed E-state index contributed by atoms with van der Waals surface area (Å²) < 4.78 is 6.37. The Balaban J connectivity index is 1.58. The highest BCUT2D eigenvalue weighted by atomic mass is 16.5. The first-order valence-corrected chi connectivity index (χ1v) is 11.6. The Morgan fingerprint density at radius 1 is 0.912 bits per heavy atom. The van der Waals surface area contributed by atoms with Crippen LogP contribution in [-0.2, 0) is 19.5 Å². The van der Waals surface area contributed by atoms with Crippen molar-refractivity contribution in [2.24, 2.45) is 0 Å². The molecular formula is C29H27N3O2. The van der Waals surface area contributed by atoms with Gasteiger partial charge in [0.25, 0.3) is 5.91 Å². The fraction of sp³-hybridized carbons (Fsp3) is 0.172. The normalized spacial score (nSPS) is 15.6. The van der Waals surface area contributed by atoms with E-state index in [4.69, 9.17) is 4.74 Å². The third kappa shape index (κ3) is 4.94. The summed E-state index contributed by atoms with van der Waals surface area (Å²) in [6.45, 7) is 1.50. The maximum atomic E-state index is 13.8. The van der Waals surface area contributed by atoms with Crippen LogP contribution in [0.5, 0.6) is 5.75 Å². The van der Waals surface area contributed by atoms with E-state index in [1.807, 2.05) is 59.5 Å². The Hall–Kier alpha value is -4.12. The molecule has 0 unspecified atom stereocenters. The van der Waals surface area contributed by atoms with E-state index in [-0.39, 0.29) is 11.9 Å². The topological polar surface area (TPSA) is 54.5 Å². The van der Waals surface area contributed by atoms with Crippen molar-refractivity contribution in [3.05, 3.63) is 126 Å². The van der Waals surface area contributed by atoms with Gasteiger partial charge in [-0.15, -0.1) is 0 Å². The van der Waals surface area contributed by atoms with Crippen LogP contribution >= 0.6 is 0 Å². The Morgan fingerprint density at radius 3 is 2.50 bits per heavy atom. The molecule has 5 heteroatoms. The minimum Gasteiger partial charge on any atom is -0.491 e. The summed E-state index contributed by atoms with van der Waals surface area (Å²) in [7, 11) is 0. The predicted octanol–water partition coefficient (Wildman–Crippen LogP) is 5.34. The molecule has 0 radical (unpaired) electrons. The Morgan fingerprint density at radius 2 is 1.68 bits per heavy atom. The van der Waals surface area contributed by atoms with Crippen LogP contribution in [0.4, 0.5) is 5.69 Å². The summed E-state index contributed by atoms with van der Waals surface area (Å²) >= 11 is 0. The number of carbonyl (C=O) groups is 1. The van der Waals surface area contributed by atoms with E-state index in [9.17, 15) is 4.79 Å². The maximum Gasteiger partial charge on any atom is 0.256 e. The minimum absolute atomic E-state index is 0.0556. The molecule has 2 heterocycles. The molecule has 5 nitrogen and oxygen atoms in total.